The molecule has 0 saturated carbocycles. The molecule has 1 saturated heterocycles. The monoisotopic (exact) mass is 372 g/mol. The number of aromatic nitrogens is 1. The Morgan fingerprint density at radius 3 is 2.58 bits per heavy atom. The van der Waals surface area contributed by atoms with Crippen LogP contribution in [0.2, 0.25) is 5.02 Å². The summed E-state index contributed by atoms with van der Waals surface area (Å²) < 4.78 is 0. The van der Waals surface area contributed by atoms with E-state index in [1.807, 2.05) is 38.2 Å². The topological polar surface area (TPSA) is 48.5 Å². The normalized spacial score (nSPS) is 15.8. The van der Waals surface area contributed by atoms with E-state index in [4.69, 9.17) is 11.6 Å². The first-order chi connectivity index (χ1) is 12.5. The second kappa shape index (κ2) is 8.62. The fourth-order valence-electron chi connectivity index (χ4n) is 3.11. The Bertz CT molecular complexity index is 772. The van der Waals surface area contributed by atoms with Gasteiger partial charge in [0.1, 0.15) is 0 Å². The smallest absolute Gasteiger partial charge is 0.238 e. The Labute approximate surface area is 160 Å². The zero-order valence-electron chi connectivity index (χ0n) is 15.3. The van der Waals surface area contributed by atoms with Gasteiger partial charge >= 0.3 is 0 Å². The van der Waals surface area contributed by atoms with Crippen molar-refractivity contribution in [3.05, 3.63) is 58.4 Å². The molecule has 2 aromatic rings. The summed E-state index contributed by atoms with van der Waals surface area (Å²) in [5.74, 6) is 0.00136. The molecule has 0 aliphatic carbocycles. The number of aryl methyl sites for hydroxylation is 2. The standard InChI is InChI=1S/C20H25ClN4O/c1-15-5-6-18(12-19(15)21)23-20(26)14-25-10-8-24(9-11-25)13-17-4-3-7-22-16(17)2/h3-7,12H,8-11,13-14H2,1-2H3,(H,23,26). The van der Waals surface area contributed by atoms with Crippen LogP contribution in [-0.4, -0.2) is 53.4 Å². The van der Waals surface area contributed by atoms with Crippen molar-refractivity contribution in [1.82, 2.24) is 14.8 Å². The van der Waals surface area contributed by atoms with Gasteiger partial charge in [-0.3, -0.25) is 19.6 Å². The third-order valence-corrected chi connectivity index (χ3v) is 5.21. The second-order valence-corrected chi connectivity index (χ2v) is 7.22. The summed E-state index contributed by atoms with van der Waals surface area (Å²) in [6.45, 7) is 9.01. The molecular weight excluding hydrogens is 348 g/mol. The number of carbonyl (C=O) groups is 1. The minimum absolute atomic E-state index is 0.00136. The molecule has 0 spiro atoms. The Morgan fingerprint density at radius 1 is 1.15 bits per heavy atom. The van der Waals surface area contributed by atoms with Crippen LogP contribution < -0.4 is 5.32 Å². The number of hydrogen-bond donors (Lipinski definition) is 1. The summed E-state index contributed by atoms with van der Waals surface area (Å²) in [5, 5.41) is 3.60. The van der Waals surface area contributed by atoms with Crippen LogP contribution in [0.4, 0.5) is 5.69 Å². The number of carbonyl (C=O) groups excluding carboxylic acids is 1. The van der Waals surface area contributed by atoms with Gasteiger partial charge in [0.25, 0.3) is 0 Å². The molecule has 6 heteroatoms. The van der Waals surface area contributed by atoms with Gasteiger partial charge in [-0.05, 0) is 43.2 Å². The van der Waals surface area contributed by atoms with Crippen LogP contribution in [0, 0.1) is 13.8 Å². The molecule has 5 nitrogen and oxygen atoms in total. The van der Waals surface area contributed by atoms with Crippen molar-refractivity contribution in [2.75, 3.05) is 38.0 Å². The molecule has 1 aromatic carbocycles. The first-order valence-corrected chi connectivity index (χ1v) is 9.30. The van der Waals surface area contributed by atoms with E-state index in [9.17, 15) is 4.79 Å². The summed E-state index contributed by atoms with van der Waals surface area (Å²) in [7, 11) is 0. The molecule has 1 aliphatic heterocycles. The minimum Gasteiger partial charge on any atom is -0.325 e. The maximum absolute atomic E-state index is 12.3. The molecule has 0 bridgehead atoms. The SMILES string of the molecule is Cc1ccc(NC(=O)CN2CCN(Cc3cccnc3C)CC2)cc1Cl. The molecule has 1 amide bonds. The van der Waals surface area contributed by atoms with E-state index < -0.39 is 0 Å². The van der Waals surface area contributed by atoms with Crippen molar-refractivity contribution < 1.29 is 4.79 Å². The number of nitrogens with one attached hydrogen (secondary N) is 1. The molecule has 0 atom stereocenters. The largest absolute Gasteiger partial charge is 0.325 e. The fraction of sp³-hybridized carbons (Fsp3) is 0.400. The van der Waals surface area contributed by atoms with Crippen LogP contribution >= 0.6 is 11.6 Å². The Hall–Kier alpha value is -1.95. The van der Waals surface area contributed by atoms with Gasteiger partial charge in [0.2, 0.25) is 5.91 Å². The number of amides is 1. The number of pyridine rings is 1. The zero-order valence-corrected chi connectivity index (χ0v) is 16.1. The lowest BCUT2D eigenvalue weighted by molar-refractivity contribution is -0.117. The number of benzene rings is 1. The van der Waals surface area contributed by atoms with Gasteiger partial charge in [-0.1, -0.05) is 23.7 Å². The lowest BCUT2D eigenvalue weighted by Gasteiger charge is -2.34. The molecule has 0 unspecified atom stereocenters. The Kier molecular flexibility index (Phi) is 6.25. The van der Waals surface area contributed by atoms with Crippen LogP contribution in [0.3, 0.4) is 0 Å². The third kappa shape index (κ3) is 5.04. The number of hydrogen-bond acceptors (Lipinski definition) is 4. The number of halogens is 1. The zero-order chi connectivity index (χ0) is 18.5. The van der Waals surface area contributed by atoms with Gasteiger partial charge in [0, 0.05) is 55.3 Å². The van der Waals surface area contributed by atoms with E-state index in [0.717, 1.165) is 49.7 Å². The van der Waals surface area contributed by atoms with E-state index in [1.54, 1.807) is 6.07 Å². The quantitative estimate of drug-likeness (QED) is 0.876. The van der Waals surface area contributed by atoms with E-state index in [2.05, 4.69) is 26.2 Å². The average Bonchev–Trinajstić information content (AvgIpc) is 2.62. The molecule has 2 heterocycles. The van der Waals surface area contributed by atoms with Crippen molar-refractivity contribution in [2.45, 2.75) is 20.4 Å². The Balaban J connectivity index is 1.45. The summed E-state index contributed by atoms with van der Waals surface area (Å²) >= 11 is 6.11. The van der Waals surface area contributed by atoms with E-state index in [-0.39, 0.29) is 5.91 Å². The molecule has 26 heavy (non-hydrogen) atoms. The van der Waals surface area contributed by atoms with Gasteiger partial charge in [-0.2, -0.15) is 0 Å². The van der Waals surface area contributed by atoms with Crippen molar-refractivity contribution >= 4 is 23.2 Å². The van der Waals surface area contributed by atoms with Gasteiger partial charge in [-0.15, -0.1) is 0 Å². The van der Waals surface area contributed by atoms with Gasteiger partial charge in [-0.25, -0.2) is 0 Å². The predicted molar refractivity (Wildman–Crippen MR) is 106 cm³/mol. The maximum atomic E-state index is 12.3. The predicted octanol–water partition coefficient (Wildman–Crippen LogP) is 3.11. The van der Waals surface area contributed by atoms with Crippen LogP contribution in [0.1, 0.15) is 16.8 Å². The Morgan fingerprint density at radius 2 is 1.88 bits per heavy atom. The van der Waals surface area contributed by atoms with Crippen molar-refractivity contribution in [3.63, 3.8) is 0 Å². The molecular formula is C20H25ClN4O. The van der Waals surface area contributed by atoms with Crippen LogP contribution in [0.25, 0.3) is 0 Å². The molecule has 0 radical (unpaired) electrons. The van der Waals surface area contributed by atoms with Crippen LogP contribution in [0.5, 0.6) is 0 Å². The second-order valence-electron chi connectivity index (χ2n) is 6.81. The van der Waals surface area contributed by atoms with Crippen molar-refractivity contribution in [2.24, 2.45) is 0 Å². The van der Waals surface area contributed by atoms with E-state index in [1.165, 1.54) is 5.56 Å². The number of anilines is 1. The van der Waals surface area contributed by atoms with Crippen molar-refractivity contribution in [1.29, 1.82) is 0 Å². The summed E-state index contributed by atoms with van der Waals surface area (Å²) in [6, 6.07) is 9.71. The fourth-order valence-corrected chi connectivity index (χ4v) is 3.29. The third-order valence-electron chi connectivity index (χ3n) is 4.80. The molecule has 138 valence electrons. The highest BCUT2D eigenvalue weighted by atomic mass is 35.5. The minimum atomic E-state index is 0.00136. The molecule has 1 N–H and O–H groups in total. The van der Waals surface area contributed by atoms with E-state index >= 15 is 0 Å². The first kappa shape index (κ1) is 18.8. The highest BCUT2D eigenvalue weighted by Crippen LogP contribution is 2.20. The molecule has 1 aromatic heterocycles. The lowest BCUT2D eigenvalue weighted by Crippen LogP contribution is -2.48. The van der Waals surface area contributed by atoms with Gasteiger partial charge in [0.05, 0.1) is 6.54 Å². The van der Waals surface area contributed by atoms with E-state index in [0.29, 0.717) is 11.6 Å². The van der Waals surface area contributed by atoms with Gasteiger partial charge < -0.3 is 5.32 Å². The highest BCUT2D eigenvalue weighted by molar-refractivity contribution is 6.31. The van der Waals surface area contributed by atoms with Crippen LogP contribution in [0.15, 0.2) is 36.5 Å². The number of nitrogens with zero attached hydrogens (tertiary/aromatic N) is 3. The molecule has 1 aliphatic rings. The molecule has 3 rings (SSSR count). The average molecular weight is 373 g/mol. The maximum Gasteiger partial charge on any atom is 0.238 e. The summed E-state index contributed by atoms with van der Waals surface area (Å²) in [5.41, 5.74) is 4.11. The van der Waals surface area contributed by atoms with Crippen LogP contribution in [-0.2, 0) is 11.3 Å². The first-order valence-electron chi connectivity index (χ1n) is 8.92. The lowest BCUT2D eigenvalue weighted by atomic mass is 10.2. The summed E-state index contributed by atoms with van der Waals surface area (Å²) in [4.78, 5) is 21.2. The highest BCUT2D eigenvalue weighted by Gasteiger charge is 2.19. The number of piperazine rings is 1. The summed E-state index contributed by atoms with van der Waals surface area (Å²) in [6.07, 6.45) is 1.83. The van der Waals surface area contributed by atoms with Gasteiger partial charge in [0.15, 0.2) is 0 Å². The number of rotatable bonds is 5. The van der Waals surface area contributed by atoms with Crippen molar-refractivity contribution in [3.8, 4) is 0 Å². The molecule has 1 fully saturated rings.